The molecule has 0 spiro atoms. The third-order valence-electron chi connectivity index (χ3n) is 5.87. The Bertz CT molecular complexity index is 1110. The Kier molecular flexibility index (Phi) is 4.20. The second-order valence-corrected chi connectivity index (χ2v) is 7.49. The molecule has 0 saturated heterocycles. The number of aromatic amines is 1. The first-order chi connectivity index (χ1) is 13.7. The SMILES string of the molecule is CNC1CCC(n2nncc2-c2ccc(-c3cc4cc[nH]c4cc3F)cc2)C1. The fraction of sp³-hybridized carbons (Fsp3) is 0.273. The summed E-state index contributed by atoms with van der Waals surface area (Å²) >= 11 is 0. The molecule has 4 aromatic rings. The van der Waals surface area contributed by atoms with Crippen LogP contribution in [-0.4, -0.2) is 33.1 Å². The molecule has 28 heavy (non-hydrogen) atoms. The van der Waals surface area contributed by atoms with Crippen molar-refractivity contribution in [2.75, 3.05) is 7.05 Å². The summed E-state index contributed by atoms with van der Waals surface area (Å²) in [6, 6.07) is 14.3. The summed E-state index contributed by atoms with van der Waals surface area (Å²) in [5.41, 5.74) is 4.33. The lowest BCUT2D eigenvalue weighted by atomic mass is 10.0. The van der Waals surface area contributed by atoms with E-state index in [1.165, 1.54) is 0 Å². The van der Waals surface area contributed by atoms with Crippen LogP contribution in [-0.2, 0) is 0 Å². The predicted molar refractivity (Wildman–Crippen MR) is 108 cm³/mol. The van der Waals surface area contributed by atoms with Crippen LogP contribution in [0.5, 0.6) is 0 Å². The van der Waals surface area contributed by atoms with Gasteiger partial charge in [-0.1, -0.05) is 29.5 Å². The summed E-state index contributed by atoms with van der Waals surface area (Å²) in [5.74, 6) is -0.224. The molecule has 1 saturated carbocycles. The highest BCUT2D eigenvalue weighted by atomic mass is 19.1. The van der Waals surface area contributed by atoms with E-state index in [2.05, 4.69) is 20.6 Å². The van der Waals surface area contributed by atoms with Crippen molar-refractivity contribution < 1.29 is 4.39 Å². The molecule has 2 atom stereocenters. The Hall–Kier alpha value is -2.99. The van der Waals surface area contributed by atoms with Gasteiger partial charge < -0.3 is 10.3 Å². The van der Waals surface area contributed by atoms with Crippen molar-refractivity contribution in [1.29, 1.82) is 0 Å². The normalized spacial score (nSPS) is 19.5. The zero-order valence-electron chi connectivity index (χ0n) is 15.7. The minimum atomic E-state index is -0.224. The lowest BCUT2D eigenvalue weighted by molar-refractivity contribution is 0.444. The van der Waals surface area contributed by atoms with Crippen LogP contribution in [0.4, 0.5) is 4.39 Å². The lowest BCUT2D eigenvalue weighted by Gasteiger charge is -2.14. The molecule has 2 heterocycles. The Balaban J connectivity index is 1.46. The first-order valence-electron chi connectivity index (χ1n) is 9.68. The number of fused-ring (bicyclic) bond motifs is 1. The van der Waals surface area contributed by atoms with Gasteiger partial charge in [0.1, 0.15) is 5.82 Å². The summed E-state index contributed by atoms with van der Waals surface area (Å²) in [6.45, 7) is 0. The number of rotatable bonds is 4. The molecule has 5 rings (SSSR count). The molecular formula is C22H22FN5. The lowest BCUT2D eigenvalue weighted by Crippen LogP contribution is -2.22. The molecule has 5 nitrogen and oxygen atoms in total. The Morgan fingerprint density at radius 2 is 1.93 bits per heavy atom. The summed E-state index contributed by atoms with van der Waals surface area (Å²) in [7, 11) is 2.01. The van der Waals surface area contributed by atoms with Gasteiger partial charge in [-0.2, -0.15) is 0 Å². The smallest absolute Gasteiger partial charge is 0.133 e. The van der Waals surface area contributed by atoms with Crippen LogP contribution in [0.15, 0.2) is 54.9 Å². The number of nitrogens with one attached hydrogen (secondary N) is 2. The molecule has 2 N–H and O–H groups in total. The summed E-state index contributed by atoms with van der Waals surface area (Å²) < 4.78 is 16.6. The molecule has 0 bridgehead atoms. The minimum absolute atomic E-state index is 0.224. The maximum absolute atomic E-state index is 14.5. The van der Waals surface area contributed by atoms with Crippen molar-refractivity contribution in [3.8, 4) is 22.4 Å². The van der Waals surface area contributed by atoms with Gasteiger partial charge in [0.05, 0.1) is 17.9 Å². The van der Waals surface area contributed by atoms with Gasteiger partial charge >= 0.3 is 0 Å². The average Bonchev–Trinajstić information content (AvgIpc) is 3.46. The molecule has 6 heteroatoms. The van der Waals surface area contributed by atoms with Crippen molar-refractivity contribution in [3.05, 3.63) is 60.7 Å². The van der Waals surface area contributed by atoms with Gasteiger partial charge in [0.2, 0.25) is 0 Å². The van der Waals surface area contributed by atoms with Crippen molar-refractivity contribution in [1.82, 2.24) is 25.3 Å². The highest BCUT2D eigenvalue weighted by molar-refractivity contribution is 5.85. The topological polar surface area (TPSA) is 58.5 Å². The zero-order valence-corrected chi connectivity index (χ0v) is 15.7. The van der Waals surface area contributed by atoms with Gasteiger partial charge in [0, 0.05) is 34.3 Å². The van der Waals surface area contributed by atoms with Crippen LogP contribution in [0.1, 0.15) is 25.3 Å². The molecule has 2 aromatic carbocycles. The number of benzene rings is 2. The first kappa shape index (κ1) is 17.1. The number of aromatic nitrogens is 4. The molecule has 0 amide bonds. The monoisotopic (exact) mass is 375 g/mol. The van der Waals surface area contributed by atoms with Crippen molar-refractivity contribution >= 4 is 10.9 Å². The van der Waals surface area contributed by atoms with Gasteiger partial charge in [-0.05, 0) is 50.1 Å². The van der Waals surface area contributed by atoms with Crippen molar-refractivity contribution in [2.45, 2.75) is 31.3 Å². The van der Waals surface area contributed by atoms with E-state index in [1.54, 1.807) is 6.07 Å². The van der Waals surface area contributed by atoms with E-state index >= 15 is 0 Å². The van der Waals surface area contributed by atoms with E-state index < -0.39 is 0 Å². The third-order valence-corrected chi connectivity index (χ3v) is 5.87. The molecule has 2 aromatic heterocycles. The van der Waals surface area contributed by atoms with E-state index in [1.807, 2.05) is 60.5 Å². The number of H-pyrrole nitrogens is 1. The van der Waals surface area contributed by atoms with Crippen LogP contribution in [0.25, 0.3) is 33.3 Å². The maximum Gasteiger partial charge on any atom is 0.133 e. The highest BCUT2D eigenvalue weighted by Gasteiger charge is 2.27. The second-order valence-electron chi connectivity index (χ2n) is 7.49. The number of nitrogens with zero attached hydrogens (tertiary/aromatic N) is 3. The fourth-order valence-corrected chi connectivity index (χ4v) is 4.28. The van der Waals surface area contributed by atoms with Crippen LogP contribution in [0.2, 0.25) is 0 Å². The largest absolute Gasteiger partial charge is 0.361 e. The van der Waals surface area contributed by atoms with Gasteiger partial charge in [-0.15, -0.1) is 5.10 Å². The van der Waals surface area contributed by atoms with E-state index in [0.717, 1.165) is 47.0 Å². The van der Waals surface area contributed by atoms with Crippen LogP contribution >= 0.6 is 0 Å². The Morgan fingerprint density at radius 3 is 2.71 bits per heavy atom. The van der Waals surface area contributed by atoms with E-state index in [-0.39, 0.29) is 5.82 Å². The zero-order chi connectivity index (χ0) is 19.1. The fourth-order valence-electron chi connectivity index (χ4n) is 4.28. The van der Waals surface area contributed by atoms with Crippen molar-refractivity contribution in [3.63, 3.8) is 0 Å². The number of hydrogen-bond acceptors (Lipinski definition) is 3. The van der Waals surface area contributed by atoms with Crippen LogP contribution in [0.3, 0.4) is 0 Å². The molecule has 1 fully saturated rings. The maximum atomic E-state index is 14.5. The Labute approximate surface area is 162 Å². The van der Waals surface area contributed by atoms with Crippen LogP contribution < -0.4 is 5.32 Å². The predicted octanol–water partition coefficient (Wildman–Crippen LogP) is 4.55. The van der Waals surface area contributed by atoms with E-state index in [9.17, 15) is 4.39 Å². The van der Waals surface area contributed by atoms with Gasteiger partial charge in [0.15, 0.2) is 0 Å². The number of hydrogen-bond donors (Lipinski definition) is 2. The quantitative estimate of drug-likeness (QED) is 0.550. The third kappa shape index (κ3) is 2.90. The molecule has 0 radical (unpaired) electrons. The molecule has 1 aliphatic carbocycles. The Morgan fingerprint density at radius 1 is 1.11 bits per heavy atom. The van der Waals surface area contributed by atoms with E-state index in [0.29, 0.717) is 17.6 Å². The standard InChI is InChI=1S/C22H22FN5/c1-24-17-6-7-18(11-17)28-22(13-26-27-28)15-4-2-14(3-5-15)19-10-16-8-9-25-21(16)12-20(19)23/h2-5,8-10,12-13,17-18,24-25H,6-7,11H2,1H3. The second kappa shape index (κ2) is 6.87. The van der Waals surface area contributed by atoms with Gasteiger partial charge in [-0.3, -0.25) is 0 Å². The summed E-state index contributed by atoms with van der Waals surface area (Å²) in [6.07, 6.45) is 6.95. The van der Waals surface area contributed by atoms with Gasteiger partial charge in [0.25, 0.3) is 0 Å². The first-order valence-corrected chi connectivity index (χ1v) is 9.68. The average molecular weight is 375 g/mol. The summed E-state index contributed by atoms with van der Waals surface area (Å²) in [4.78, 5) is 3.05. The van der Waals surface area contributed by atoms with Gasteiger partial charge in [-0.25, -0.2) is 9.07 Å². The molecule has 2 unspecified atom stereocenters. The molecule has 0 aliphatic heterocycles. The molecule has 1 aliphatic rings. The minimum Gasteiger partial charge on any atom is -0.361 e. The molecule has 142 valence electrons. The highest BCUT2D eigenvalue weighted by Crippen LogP contribution is 2.34. The van der Waals surface area contributed by atoms with Crippen LogP contribution in [0, 0.1) is 5.82 Å². The molecular weight excluding hydrogens is 353 g/mol. The van der Waals surface area contributed by atoms with E-state index in [4.69, 9.17) is 0 Å². The van der Waals surface area contributed by atoms with Crippen molar-refractivity contribution in [2.24, 2.45) is 0 Å². The summed E-state index contributed by atoms with van der Waals surface area (Å²) in [5, 5.41) is 12.8. The number of halogens is 1.